The van der Waals surface area contributed by atoms with Gasteiger partial charge in [-0.25, -0.2) is 4.98 Å². The smallest absolute Gasteiger partial charge is 0.205 e. The number of halogens is 1. The van der Waals surface area contributed by atoms with Crippen LogP contribution in [0.1, 0.15) is 18.2 Å². The van der Waals surface area contributed by atoms with E-state index in [4.69, 9.17) is 9.40 Å². The Hall–Kier alpha value is -4.05. The summed E-state index contributed by atoms with van der Waals surface area (Å²) in [5.74, 6) is 2.17. The summed E-state index contributed by atoms with van der Waals surface area (Å²) in [4.78, 5) is 6.87. The minimum Gasteiger partial charge on any atom is -0.455 e. The van der Waals surface area contributed by atoms with Crippen molar-refractivity contribution in [2.45, 2.75) is 20.3 Å². The highest BCUT2D eigenvalue weighted by molar-refractivity contribution is 9.10. The molecule has 10 heteroatoms. The number of aromatic amines is 1. The van der Waals surface area contributed by atoms with E-state index in [0.717, 1.165) is 61.4 Å². The lowest BCUT2D eigenvalue weighted by atomic mass is 10.0. The number of fused-ring (bicyclic) bond motifs is 2. The molecule has 0 saturated carbocycles. The van der Waals surface area contributed by atoms with Crippen LogP contribution in [0.3, 0.4) is 0 Å². The van der Waals surface area contributed by atoms with Gasteiger partial charge < -0.3 is 9.32 Å². The fourth-order valence-corrected chi connectivity index (χ4v) is 4.85. The molecule has 0 unspecified atom stereocenters. The molecule has 6 rings (SSSR count). The van der Waals surface area contributed by atoms with Crippen LogP contribution in [0, 0.1) is 6.92 Å². The van der Waals surface area contributed by atoms with E-state index in [0.29, 0.717) is 11.6 Å². The van der Waals surface area contributed by atoms with Gasteiger partial charge in [0.05, 0.1) is 10.7 Å². The molecule has 0 saturated heterocycles. The number of H-pyrrole nitrogens is 1. The fraction of sp³-hybridized carbons (Fsp3) is 0.160. The summed E-state index contributed by atoms with van der Waals surface area (Å²) in [6.07, 6.45) is 2.69. The Morgan fingerprint density at radius 2 is 1.94 bits per heavy atom. The second-order valence-electron chi connectivity index (χ2n) is 8.29. The van der Waals surface area contributed by atoms with Gasteiger partial charge in [-0.15, -0.1) is 10.2 Å². The first-order valence-electron chi connectivity index (χ1n) is 11.2. The van der Waals surface area contributed by atoms with Crippen LogP contribution in [0.2, 0.25) is 0 Å². The monoisotopic (exact) mass is 528 g/mol. The third-order valence-corrected chi connectivity index (χ3v) is 6.93. The first-order chi connectivity index (χ1) is 17.0. The van der Waals surface area contributed by atoms with Crippen molar-refractivity contribution in [3.05, 3.63) is 70.5 Å². The molecular weight excluding hydrogens is 508 g/mol. The molecule has 0 amide bonds. The zero-order chi connectivity index (χ0) is 24.1. The van der Waals surface area contributed by atoms with Gasteiger partial charge in [0.2, 0.25) is 5.82 Å². The van der Waals surface area contributed by atoms with Crippen LogP contribution < -0.4 is 4.90 Å². The molecule has 2 aromatic carbocycles. The molecule has 4 heterocycles. The van der Waals surface area contributed by atoms with Crippen molar-refractivity contribution >= 4 is 44.1 Å². The van der Waals surface area contributed by atoms with Crippen LogP contribution in [0.25, 0.3) is 39.3 Å². The van der Waals surface area contributed by atoms with E-state index < -0.39 is 0 Å². The highest BCUT2D eigenvalue weighted by atomic mass is 79.9. The Morgan fingerprint density at radius 3 is 2.71 bits per heavy atom. The van der Waals surface area contributed by atoms with E-state index in [-0.39, 0.29) is 0 Å². The molecule has 35 heavy (non-hydrogen) atoms. The minimum atomic E-state index is 0.510. The molecular formula is C25H21BrN8O. The summed E-state index contributed by atoms with van der Waals surface area (Å²) in [7, 11) is 2.03. The lowest BCUT2D eigenvalue weighted by Crippen LogP contribution is -2.15. The average molecular weight is 529 g/mol. The zero-order valence-electron chi connectivity index (χ0n) is 19.3. The van der Waals surface area contributed by atoms with Gasteiger partial charge in [0, 0.05) is 46.6 Å². The topological polar surface area (TPSA) is 101 Å². The van der Waals surface area contributed by atoms with Crippen molar-refractivity contribution in [3.63, 3.8) is 0 Å². The van der Waals surface area contributed by atoms with Crippen molar-refractivity contribution in [2.24, 2.45) is 0 Å². The van der Waals surface area contributed by atoms with Gasteiger partial charge in [-0.2, -0.15) is 14.8 Å². The number of aryl methyl sites for hydroxylation is 2. The summed E-state index contributed by atoms with van der Waals surface area (Å²) < 4.78 is 9.04. The number of tetrazole rings is 1. The molecule has 0 atom stereocenters. The Balaban J connectivity index is 1.47. The Morgan fingerprint density at radius 1 is 1.11 bits per heavy atom. The minimum absolute atomic E-state index is 0.510. The second kappa shape index (κ2) is 8.31. The van der Waals surface area contributed by atoms with Crippen LogP contribution in [0.15, 0.2) is 63.6 Å². The standard InChI is InChI=1S/C25H21BrN8O/c1-4-15-11-21(34-25(28-15)14(2)13-27-34)33(3)16-9-10-20-19(12-16)22(26)23(35-20)17-7-5-6-8-18(17)24-29-31-32-30-24/h5-13H,4H2,1-3H3,(H,29,30,31,32). The maximum absolute atomic E-state index is 6.30. The van der Waals surface area contributed by atoms with Crippen molar-refractivity contribution < 1.29 is 4.42 Å². The molecule has 9 nitrogen and oxygen atoms in total. The summed E-state index contributed by atoms with van der Waals surface area (Å²) in [6, 6.07) is 16.1. The molecule has 6 aromatic rings. The van der Waals surface area contributed by atoms with Crippen LogP contribution in [0.4, 0.5) is 11.5 Å². The molecule has 0 spiro atoms. The van der Waals surface area contributed by atoms with E-state index in [2.05, 4.69) is 65.6 Å². The maximum atomic E-state index is 6.30. The fourth-order valence-electron chi connectivity index (χ4n) is 4.25. The first kappa shape index (κ1) is 21.5. The summed E-state index contributed by atoms with van der Waals surface area (Å²) in [6.45, 7) is 4.14. The van der Waals surface area contributed by atoms with Gasteiger partial charge in [-0.05, 0) is 52.7 Å². The van der Waals surface area contributed by atoms with Gasteiger partial charge in [0.25, 0.3) is 0 Å². The quantitative estimate of drug-likeness (QED) is 0.305. The molecule has 1 N–H and O–H groups in total. The van der Waals surface area contributed by atoms with Crippen molar-refractivity contribution in [3.8, 4) is 22.7 Å². The first-order valence-corrected chi connectivity index (χ1v) is 12.0. The molecule has 0 fully saturated rings. The summed E-state index contributed by atoms with van der Waals surface area (Å²) in [5, 5.41) is 20.0. The number of nitrogens with zero attached hydrogens (tertiary/aromatic N) is 7. The van der Waals surface area contributed by atoms with E-state index in [1.54, 1.807) is 0 Å². The Labute approximate surface area is 208 Å². The highest BCUT2D eigenvalue weighted by Gasteiger charge is 2.21. The van der Waals surface area contributed by atoms with Gasteiger partial charge in [0.15, 0.2) is 5.65 Å². The number of furan rings is 1. The molecule has 4 aromatic heterocycles. The van der Waals surface area contributed by atoms with E-state index in [1.165, 1.54) is 0 Å². The predicted octanol–water partition coefficient (Wildman–Crippen LogP) is 5.72. The van der Waals surface area contributed by atoms with E-state index in [1.807, 2.05) is 61.1 Å². The lowest BCUT2D eigenvalue weighted by molar-refractivity contribution is 0.630. The number of nitrogens with one attached hydrogen (secondary N) is 1. The molecule has 174 valence electrons. The van der Waals surface area contributed by atoms with Crippen LogP contribution in [0.5, 0.6) is 0 Å². The molecule has 0 aliphatic carbocycles. The Bertz CT molecular complexity index is 1690. The molecule has 0 bridgehead atoms. The van der Waals surface area contributed by atoms with Gasteiger partial charge in [0.1, 0.15) is 17.2 Å². The van der Waals surface area contributed by atoms with Crippen LogP contribution >= 0.6 is 15.9 Å². The number of benzene rings is 2. The molecule has 0 radical (unpaired) electrons. The third-order valence-electron chi connectivity index (χ3n) is 6.14. The number of aromatic nitrogens is 7. The summed E-state index contributed by atoms with van der Waals surface area (Å²) in [5.41, 5.74) is 6.43. The van der Waals surface area contributed by atoms with Gasteiger partial charge in [-0.1, -0.05) is 31.2 Å². The van der Waals surface area contributed by atoms with E-state index >= 15 is 0 Å². The van der Waals surface area contributed by atoms with Crippen LogP contribution in [-0.4, -0.2) is 42.3 Å². The molecule has 0 aliphatic heterocycles. The van der Waals surface area contributed by atoms with Gasteiger partial charge in [-0.3, -0.25) is 0 Å². The predicted molar refractivity (Wildman–Crippen MR) is 138 cm³/mol. The number of anilines is 2. The SMILES string of the molecule is CCc1cc(N(C)c2ccc3oc(-c4ccccc4-c4nn[nH]n4)c(Br)c3c2)n2ncc(C)c2n1. The average Bonchev–Trinajstić information content (AvgIpc) is 3.63. The lowest BCUT2D eigenvalue weighted by Gasteiger charge is -2.21. The Kier molecular flexibility index (Phi) is 5.10. The van der Waals surface area contributed by atoms with Crippen molar-refractivity contribution in [1.82, 2.24) is 35.2 Å². The maximum Gasteiger partial charge on any atom is 0.205 e. The number of rotatable bonds is 5. The third kappa shape index (κ3) is 3.48. The molecule has 0 aliphatic rings. The van der Waals surface area contributed by atoms with Crippen molar-refractivity contribution in [1.29, 1.82) is 0 Å². The normalized spacial score (nSPS) is 11.5. The second-order valence-corrected chi connectivity index (χ2v) is 9.08. The summed E-state index contributed by atoms with van der Waals surface area (Å²) >= 11 is 3.79. The van der Waals surface area contributed by atoms with Crippen molar-refractivity contribution in [2.75, 3.05) is 11.9 Å². The van der Waals surface area contributed by atoms with E-state index in [9.17, 15) is 0 Å². The highest BCUT2D eigenvalue weighted by Crippen LogP contribution is 2.42. The largest absolute Gasteiger partial charge is 0.455 e. The zero-order valence-corrected chi connectivity index (χ0v) is 20.9. The van der Waals surface area contributed by atoms with Gasteiger partial charge >= 0.3 is 0 Å². The number of hydrogen-bond donors (Lipinski definition) is 1. The van der Waals surface area contributed by atoms with Crippen LogP contribution in [-0.2, 0) is 6.42 Å². The number of hydrogen-bond acceptors (Lipinski definition) is 7.